The van der Waals surface area contributed by atoms with E-state index in [1.54, 1.807) is 0 Å². The van der Waals surface area contributed by atoms with Gasteiger partial charge in [0.05, 0.1) is 0 Å². The minimum atomic E-state index is -4.67. The summed E-state index contributed by atoms with van der Waals surface area (Å²) in [6.45, 7) is 2.96. The van der Waals surface area contributed by atoms with Gasteiger partial charge in [-0.2, -0.15) is 8.42 Å². The maximum absolute atomic E-state index is 9.25. The van der Waals surface area contributed by atoms with E-state index in [4.69, 9.17) is 22.6 Å². The molecule has 12 heavy (non-hydrogen) atoms. The Kier molecular flexibility index (Phi) is 23.8. The van der Waals surface area contributed by atoms with Crippen LogP contribution >= 0.6 is 0 Å². The van der Waals surface area contributed by atoms with Crippen molar-refractivity contribution in [1.29, 1.82) is 0 Å². The Labute approximate surface area is 123 Å². The Bertz CT molecular complexity index is 203. The van der Waals surface area contributed by atoms with Crippen LogP contribution in [0.4, 0.5) is 0 Å². The van der Waals surface area contributed by atoms with E-state index in [-0.39, 0.29) is 68.4 Å². The van der Waals surface area contributed by atoms with Crippen LogP contribution in [-0.2, 0) is 34.7 Å². The van der Waals surface area contributed by atoms with Crippen molar-refractivity contribution in [2.75, 3.05) is 0 Å². The first-order valence-electron chi connectivity index (χ1n) is 1.82. The minimum Gasteiger partial charge on any atom is 0 e. The molecule has 0 bridgehead atoms. The van der Waals surface area contributed by atoms with Gasteiger partial charge in [0.2, 0.25) is 0 Å². The maximum Gasteiger partial charge on any atom is 0 e. The van der Waals surface area contributed by atoms with E-state index < -0.39 is 16.4 Å². The Morgan fingerprint density at radius 3 is 1.42 bits per heavy atom. The molecule has 0 atom stereocenters. The van der Waals surface area contributed by atoms with E-state index in [2.05, 4.69) is 6.58 Å². The standard InChI is InChI=1S/C3H4O2.Ba.H2O4S.Zn.2H/c1-2-3(4)5;;1-5(2,3)4;;;/h2H,1H2,(H,4,5);;(H2,1,2,3,4);;;. The summed E-state index contributed by atoms with van der Waals surface area (Å²) in [5.41, 5.74) is 0. The molecule has 0 saturated carbocycles. The second-order valence-electron chi connectivity index (χ2n) is 0.990. The quantitative estimate of drug-likeness (QED) is 0.298. The largest absolute Gasteiger partial charge is 0 e. The average Bonchev–Trinajstić information content (AvgIpc) is 1.61. The van der Waals surface area contributed by atoms with Gasteiger partial charge < -0.3 is 5.11 Å². The van der Waals surface area contributed by atoms with Crippen LogP contribution in [0.2, 0.25) is 0 Å². The zero-order chi connectivity index (χ0) is 8.78. The number of aliphatic carboxylic acids is 1. The molecule has 3 N–H and O–H groups in total. The summed E-state index contributed by atoms with van der Waals surface area (Å²) in [6.07, 6.45) is 0.833. The van der Waals surface area contributed by atoms with Gasteiger partial charge in [0, 0.05) is 25.6 Å². The van der Waals surface area contributed by atoms with Gasteiger partial charge in [-0.15, -0.1) is 0 Å². The maximum atomic E-state index is 9.25. The van der Waals surface area contributed by atoms with Crippen LogP contribution < -0.4 is 0 Å². The predicted octanol–water partition coefficient (Wildman–Crippen LogP) is -1.31. The van der Waals surface area contributed by atoms with Crippen molar-refractivity contribution in [2.24, 2.45) is 0 Å². The van der Waals surface area contributed by atoms with Crippen molar-refractivity contribution in [3.8, 4) is 0 Å². The molecule has 0 heterocycles. The van der Waals surface area contributed by atoms with Gasteiger partial charge in [-0.3, -0.25) is 9.11 Å². The molecule has 0 aliphatic heterocycles. The van der Waals surface area contributed by atoms with E-state index in [0.717, 1.165) is 6.08 Å². The van der Waals surface area contributed by atoms with E-state index in [1.165, 1.54) is 0 Å². The van der Waals surface area contributed by atoms with Gasteiger partial charge in [0.1, 0.15) is 0 Å². The number of hydrogen-bond donors (Lipinski definition) is 3. The fourth-order valence-corrected chi connectivity index (χ4v) is 0. The first-order valence-corrected chi connectivity index (χ1v) is 3.22. The molecule has 0 unspecified atom stereocenters. The fraction of sp³-hybridized carbons (Fsp3) is 0. The molecule has 0 amide bonds. The molecule has 0 aliphatic carbocycles. The van der Waals surface area contributed by atoms with Crippen LogP contribution in [0.1, 0.15) is 0 Å². The molecule has 0 saturated heterocycles. The Morgan fingerprint density at radius 2 is 1.42 bits per heavy atom. The summed E-state index contributed by atoms with van der Waals surface area (Å²) >= 11 is 0. The molecule has 0 aromatic heterocycles. The molecule has 0 aliphatic rings. The molecule has 66 valence electrons. The van der Waals surface area contributed by atoms with E-state index >= 15 is 0 Å². The van der Waals surface area contributed by atoms with Crippen LogP contribution in [0.3, 0.4) is 0 Å². The van der Waals surface area contributed by atoms with Crippen LogP contribution in [0.15, 0.2) is 12.7 Å². The Balaban J connectivity index is -0.0000000457. The van der Waals surface area contributed by atoms with E-state index in [1.807, 2.05) is 0 Å². The fourth-order valence-electron chi connectivity index (χ4n) is 0. The SMILES string of the molecule is C=CC(=O)O.O=S(=O)(O)O.[BaH2].[Zn]. The molecule has 0 aromatic carbocycles. The van der Waals surface area contributed by atoms with Crippen LogP contribution in [0, 0.1) is 0 Å². The predicted molar refractivity (Wildman–Crippen MR) is 40.6 cm³/mol. The molecule has 0 aromatic rings. The third kappa shape index (κ3) is 111. The van der Waals surface area contributed by atoms with E-state index in [9.17, 15) is 4.79 Å². The Hall–Kier alpha value is 1.27. The summed E-state index contributed by atoms with van der Waals surface area (Å²) in [6, 6.07) is 0. The van der Waals surface area contributed by atoms with Gasteiger partial charge >= 0.3 is 65.2 Å². The number of carboxylic acid groups (broad SMARTS) is 1. The third-order valence-electron chi connectivity index (χ3n) is 0.175. The Morgan fingerprint density at radius 1 is 1.33 bits per heavy atom. The molecule has 0 rings (SSSR count). The van der Waals surface area contributed by atoms with E-state index in [0.29, 0.717) is 0 Å². The summed E-state index contributed by atoms with van der Waals surface area (Å²) in [4.78, 5) is 9.25. The van der Waals surface area contributed by atoms with Crippen molar-refractivity contribution < 1.29 is 46.9 Å². The van der Waals surface area contributed by atoms with Crippen LogP contribution in [0.5, 0.6) is 0 Å². The monoisotopic (exact) mass is 374 g/mol. The number of carbonyl (C=O) groups is 1. The first kappa shape index (κ1) is 23.3. The number of carboxylic acids is 1. The van der Waals surface area contributed by atoms with Crippen molar-refractivity contribution in [1.82, 2.24) is 0 Å². The number of rotatable bonds is 1. The van der Waals surface area contributed by atoms with Crippen molar-refractivity contribution in [3.05, 3.63) is 12.7 Å². The summed E-state index contributed by atoms with van der Waals surface area (Å²) in [7, 11) is -4.67. The molecule has 6 nitrogen and oxygen atoms in total. The number of hydrogen-bond acceptors (Lipinski definition) is 3. The van der Waals surface area contributed by atoms with Gasteiger partial charge in [-0.05, 0) is 0 Å². The average molecular weight is 375 g/mol. The first-order chi connectivity index (χ1) is 4.27. The zero-order valence-electron chi connectivity index (χ0n) is 5.47. The third-order valence-corrected chi connectivity index (χ3v) is 0.175. The summed E-state index contributed by atoms with van der Waals surface area (Å²) in [5, 5.41) is 7.60. The topological polar surface area (TPSA) is 112 Å². The van der Waals surface area contributed by atoms with Gasteiger partial charge in [-0.1, -0.05) is 6.58 Å². The van der Waals surface area contributed by atoms with Crippen molar-refractivity contribution in [3.63, 3.8) is 0 Å². The molecular formula is C3H8BaO6SZn. The molecule has 9 heteroatoms. The van der Waals surface area contributed by atoms with Crippen molar-refractivity contribution in [2.45, 2.75) is 0 Å². The van der Waals surface area contributed by atoms with Gasteiger partial charge in [0.15, 0.2) is 0 Å². The molecule has 0 spiro atoms. The summed E-state index contributed by atoms with van der Waals surface area (Å²) < 4.78 is 31.6. The smallest absolute Gasteiger partial charge is 0 e. The van der Waals surface area contributed by atoms with Crippen LogP contribution in [-0.4, -0.2) is 77.5 Å². The van der Waals surface area contributed by atoms with Crippen LogP contribution in [0.25, 0.3) is 0 Å². The second-order valence-corrected chi connectivity index (χ2v) is 1.89. The zero-order valence-corrected chi connectivity index (χ0v) is 9.25. The second kappa shape index (κ2) is 12.3. The molecule has 0 radical (unpaired) electrons. The summed E-state index contributed by atoms with van der Waals surface area (Å²) in [5.74, 6) is -0.981. The van der Waals surface area contributed by atoms with Gasteiger partial charge in [-0.25, -0.2) is 4.79 Å². The minimum absolute atomic E-state index is 0. The molecule has 0 fully saturated rings. The van der Waals surface area contributed by atoms with Gasteiger partial charge in [0.25, 0.3) is 0 Å². The normalized spacial score (nSPS) is 7.50. The van der Waals surface area contributed by atoms with Crippen molar-refractivity contribution >= 4 is 65.2 Å². The molecular weight excluding hydrogens is 367 g/mol.